The Kier molecular flexibility index (Phi) is 5.91. The summed E-state index contributed by atoms with van der Waals surface area (Å²) in [5, 5.41) is 12.6. The molecule has 2 aromatic heterocycles. The number of benzene rings is 2. The minimum atomic E-state index is -0.369. The van der Waals surface area contributed by atoms with Crippen LogP contribution in [0.2, 0.25) is 0 Å². The fourth-order valence-electron chi connectivity index (χ4n) is 2.72. The molecule has 152 valence electrons. The number of rotatable bonds is 6. The highest BCUT2D eigenvalue weighted by Crippen LogP contribution is 2.26. The van der Waals surface area contributed by atoms with Gasteiger partial charge in [0.15, 0.2) is 5.16 Å². The van der Waals surface area contributed by atoms with Crippen molar-refractivity contribution >= 4 is 34.7 Å². The molecule has 9 heteroatoms. The number of hydrogen-bond acceptors (Lipinski definition) is 6. The van der Waals surface area contributed by atoms with Crippen molar-refractivity contribution in [2.75, 3.05) is 5.32 Å². The van der Waals surface area contributed by atoms with Crippen molar-refractivity contribution < 1.29 is 9.18 Å². The van der Waals surface area contributed by atoms with Gasteiger partial charge in [0, 0.05) is 23.8 Å². The van der Waals surface area contributed by atoms with Gasteiger partial charge in [0.25, 0.3) is 5.91 Å². The zero-order valence-corrected chi connectivity index (χ0v) is 17.9. The third-order valence-electron chi connectivity index (χ3n) is 4.46. The van der Waals surface area contributed by atoms with E-state index in [9.17, 15) is 9.18 Å². The van der Waals surface area contributed by atoms with Crippen LogP contribution in [0.4, 0.5) is 10.1 Å². The van der Waals surface area contributed by atoms with E-state index in [0.29, 0.717) is 11.4 Å². The number of carbonyl (C=O) groups is 1. The fraction of sp³-hybridized carbons (Fsp3) is 0.143. The number of amides is 1. The third-order valence-corrected chi connectivity index (χ3v) is 6.55. The molecule has 0 bridgehead atoms. The maximum Gasteiger partial charge on any atom is 0.286 e. The van der Waals surface area contributed by atoms with Gasteiger partial charge in [-0.2, -0.15) is 0 Å². The van der Waals surface area contributed by atoms with Crippen LogP contribution in [0.15, 0.2) is 60.0 Å². The monoisotopic (exact) mass is 439 g/mol. The average Bonchev–Trinajstić information content (AvgIpc) is 3.39. The first kappa shape index (κ1) is 20.2. The summed E-state index contributed by atoms with van der Waals surface area (Å²) in [5.74, 6) is -0.182. The van der Waals surface area contributed by atoms with Gasteiger partial charge >= 0.3 is 0 Å². The van der Waals surface area contributed by atoms with E-state index in [1.807, 2.05) is 10.8 Å². The molecular weight excluding hydrogens is 421 g/mol. The lowest BCUT2D eigenvalue weighted by atomic mass is 10.1. The van der Waals surface area contributed by atoms with Crippen LogP contribution in [0.1, 0.15) is 25.9 Å². The molecule has 6 nitrogen and oxygen atoms in total. The van der Waals surface area contributed by atoms with Crippen LogP contribution in [-0.4, -0.2) is 25.7 Å². The molecule has 0 unspecified atom stereocenters. The Bertz CT molecular complexity index is 1190. The number of hydrogen-bond donors (Lipinski definition) is 1. The number of carbonyl (C=O) groups excluding carboxylic acids is 1. The van der Waals surface area contributed by atoms with Crippen LogP contribution in [0.25, 0.3) is 5.69 Å². The molecule has 30 heavy (non-hydrogen) atoms. The van der Waals surface area contributed by atoms with Crippen molar-refractivity contribution in [1.82, 2.24) is 19.7 Å². The Morgan fingerprint density at radius 2 is 1.93 bits per heavy atom. The van der Waals surface area contributed by atoms with Gasteiger partial charge in [0.1, 0.15) is 10.8 Å². The lowest BCUT2D eigenvalue weighted by molar-refractivity contribution is 0.102. The molecule has 0 saturated heterocycles. The number of halogens is 1. The van der Waals surface area contributed by atoms with Crippen LogP contribution in [0, 0.1) is 19.7 Å². The Morgan fingerprint density at radius 3 is 2.70 bits per heavy atom. The summed E-state index contributed by atoms with van der Waals surface area (Å²) in [6, 6.07) is 11.9. The van der Waals surface area contributed by atoms with Crippen LogP contribution < -0.4 is 5.32 Å². The summed E-state index contributed by atoms with van der Waals surface area (Å²) in [6.45, 7) is 4.17. The summed E-state index contributed by atoms with van der Waals surface area (Å²) in [7, 11) is 0. The van der Waals surface area contributed by atoms with Crippen LogP contribution in [0.5, 0.6) is 0 Å². The van der Waals surface area contributed by atoms with Crippen LogP contribution in [0.3, 0.4) is 0 Å². The molecule has 0 radical (unpaired) electrons. The van der Waals surface area contributed by atoms with E-state index in [0.717, 1.165) is 15.9 Å². The van der Waals surface area contributed by atoms with Crippen molar-refractivity contribution in [2.24, 2.45) is 0 Å². The molecule has 4 rings (SSSR count). The number of aryl methyl sites for hydroxylation is 2. The number of nitrogens with zero attached hydrogens (tertiary/aromatic N) is 4. The van der Waals surface area contributed by atoms with Gasteiger partial charge in [-0.3, -0.25) is 9.36 Å². The number of nitrogens with one attached hydrogen (secondary N) is 1. The normalized spacial score (nSPS) is 10.9. The van der Waals surface area contributed by atoms with E-state index < -0.39 is 0 Å². The summed E-state index contributed by atoms with van der Waals surface area (Å²) < 4.78 is 15.0. The topological polar surface area (TPSA) is 72.7 Å². The standard InChI is InChI=1S/C21H18FN5OS2/c1-13-3-8-17(11-14(13)2)27-10-9-23-21(27)29-12-18-25-26-20(30-18)19(28)24-16-6-4-15(22)5-7-16/h3-11H,12H2,1-2H3,(H,24,28). The molecule has 0 atom stereocenters. The number of anilines is 1. The molecule has 1 amide bonds. The van der Waals surface area contributed by atoms with Crippen molar-refractivity contribution in [3.63, 3.8) is 0 Å². The fourth-order valence-corrected chi connectivity index (χ4v) is 4.41. The summed E-state index contributed by atoms with van der Waals surface area (Å²) in [5.41, 5.74) is 4.02. The molecular formula is C21H18FN5OS2. The van der Waals surface area contributed by atoms with E-state index >= 15 is 0 Å². The quantitative estimate of drug-likeness (QED) is 0.427. The highest BCUT2D eigenvalue weighted by atomic mass is 32.2. The Labute approximate surface area is 181 Å². The number of aromatic nitrogens is 4. The molecule has 0 aliphatic heterocycles. The summed E-state index contributed by atoms with van der Waals surface area (Å²) >= 11 is 2.75. The van der Waals surface area contributed by atoms with Gasteiger partial charge in [-0.1, -0.05) is 29.2 Å². The maximum absolute atomic E-state index is 13.0. The molecule has 0 aliphatic carbocycles. The van der Waals surface area contributed by atoms with Gasteiger partial charge in [-0.15, -0.1) is 10.2 Å². The summed E-state index contributed by atoms with van der Waals surface area (Å²) in [4.78, 5) is 16.8. The van der Waals surface area contributed by atoms with Gasteiger partial charge in [0.05, 0.1) is 5.75 Å². The SMILES string of the molecule is Cc1ccc(-n2ccnc2SCc2nnc(C(=O)Nc3ccc(F)cc3)s2)cc1C. The van der Waals surface area contributed by atoms with E-state index in [-0.39, 0.29) is 16.7 Å². The molecule has 0 saturated carbocycles. The van der Waals surface area contributed by atoms with E-state index in [1.54, 1.807) is 6.20 Å². The number of thioether (sulfide) groups is 1. The molecule has 2 heterocycles. The van der Waals surface area contributed by atoms with Gasteiger partial charge in [0.2, 0.25) is 5.01 Å². The second-order valence-electron chi connectivity index (χ2n) is 6.60. The van der Waals surface area contributed by atoms with Crippen LogP contribution >= 0.6 is 23.1 Å². The van der Waals surface area contributed by atoms with Crippen molar-refractivity contribution in [1.29, 1.82) is 0 Å². The van der Waals surface area contributed by atoms with Crippen LogP contribution in [-0.2, 0) is 5.75 Å². The first-order chi connectivity index (χ1) is 14.5. The van der Waals surface area contributed by atoms with Gasteiger partial charge < -0.3 is 5.32 Å². The highest BCUT2D eigenvalue weighted by molar-refractivity contribution is 7.98. The molecule has 0 fully saturated rings. The zero-order valence-electron chi connectivity index (χ0n) is 16.3. The van der Waals surface area contributed by atoms with Gasteiger partial charge in [-0.05, 0) is 61.4 Å². The molecule has 0 spiro atoms. The molecule has 1 N–H and O–H groups in total. The second-order valence-corrected chi connectivity index (χ2v) is 8.60. The van der Waals surface area contributed by atoms with E-state index in [2.05, 4.69) is 52.5 Å². The maximum atomic E-state index is 13.0. The lowest BCUT2D eigenvalue weighted by Crippen LogP contribution is -2.11. The van der Waals surface area contributed by atoms with Crippen molar-refractivity contribution in [3.05, 3.63) is 81.8 Å². The Balaban J connectivity index is 1.41. The first-order valence-electron chi connectivity index (χ1n) is 9.12. The smallest absolute Gasteiger partial charge is 0.286 e. The van der Waals surface area contributed by atoms with E-state index in [1.165, 1.54) is 58.5 Å². The van der Waals surface area contributed by atoms with Crippen molar-refractivity contribution in [3.8, 4) is 5.69 Å². The average molecular weight is 440 g/mol. The molecule has 4 aromatic rings. The van der Waals surface area contributed by atoms with Gasteiger partial charge in [-0.25, -0.2) is 9.37 Å². The second kappa shape index (κ2) is 8.76. The molecule has 2 aromatic carbocycles. The predicted octanol–water partition coefficient (Wildman–Crippen LogP) is 5.02. The zero-order chi connectivity index (χ0) is 21.1. The molecule has 0 aliphatic rings. The first-order valence-corrected chi connectivity index (χ1v) is 10.9. The summed E-state index contributed by atoms with van der Waals surface area (Å²) in [6.07, 6.45) is 3.69. The van der Waals surface area contributed by atoms with Crippen molar-refractivity contribution in [2.45, 2.75) is 24.8 Å². The third kappa shape index (κ3) is 4.58. The minimum Gasteiger partial charge on any atom is -0.320 e. The Hall–Kier alpha value is -3.04. The lowest BCUT2D eigenvalue weighted by Gasteiger charge is -2.09. The minimum absolute atomic E-state index is 0.257. The van der Waals surface area contributed by atoms with E-state index in [4.69, 9.17) is 0 Å². The predicted molar refractivity (Wildman–Crippen MR) is 117 cm³/mol. The largest absolute Gasteiger partial charge is 0.320 e. The number of imidazole rings is 1. The Morgan fingerprint density at radius 1 is 1.13 bits per heavy atom. The highest BCUT2D eigenvalue weighted by Gasteiger charge is 2.15.